The van der Waals surface area contributed by atoms with Crippen LogP contribution in [0.3, 0.4) is 0 Å². The first-order valence-electron chi connectivity index (χ1n) is 17.9. The van der Waals surface area contributed by atoms with Crippen molar-refractivity contribution in [3.05, 3.63) is 0 Å². The third kappa shape index (κ3) is 10.5. The van der Waals surface area contributed by atoms with Crippen LogP contribution >= 0.6 is 36.2 Å². The van der Waals surface area contributed by atoms with Crippen LogP contribution in [0, 0.1) is 11.8 Å². The number of piperidine rings is 4. The SMILES string of the molecule is CC(C)(C)OC(=O)N1[C@@H]2CC3C[C@H]1[C@H](O)C2N(C(=O)CC(F)(F)F)C3.CO[C@@H]1C2[C@H]3CC(C[C@@H]1N3C(=O)OC(C)(C)C)CN2C(=O)CC(F)(F)F.[3H]I(F)I. The van der Waals surface area contributed by atoms with Gasteiger partial charge < -0.3 is 29.1 Å². The van der Waals surface area contributed by atoms with Crippen LogP contribution in [0.2, 0.25) is 0 Å². The molecular weight excluding hydrogens is 967 g/mol. The summed E-state index contributed by atoms with van der Waals surface area (Å²) in [5.41, 5.74) is -1.40. The Morgan fingerprint density at radius 2 is 1.07 bits per heavy atom. The van der Waals surface area contributed by atoms with Gasteiger partial charge in [-0.25, -0.2) is 9.59 Å². The molecule has 0 aromatic carbocycles. The number of aliphatic hydroxyl groups is 1. The van der Waals surface area contributed by atoms with Gasteiger partial charge in [0, 0.05) is 20.2 Å². The van der Waals surface area contributed by atoms with Gasteiger partial charge in [-0.3, -0.25) is 19.4 Å². The van der Waals surface area contributed by atoms with Gasteiger partial charge in [0.05, 0.1) is 42.4 Å². The summed E-state index contributed by atoms with van der Waals surface area (Å²) in [4.78, 5) is 55.1. The number of aliphatic hydroxyl groups excluding tert-OH is 1. The quantitative estimate of drug-likeness (QED) is 0.255. The van der Waals surface area contributed by atoms with Crippen LogP contribution in [0.4, 0.5) is 38.8 Å². The topological polar surface area (TPSA) is 129 Å². The first-order valence-corrected chi connectivity index (χ1v) is 24.6. The number of hydrogen-bond donors (Lipinski definition) is 1. The van der Waals surface area contributed by atoms with E-state index in [-0.39, 0.29) is 37.0 Å². The van der Waals surface area contributed by atoms with Crippen molar-refractivity contribution < 1.29 is 67.7 Å². The second-order valence-electron chi connectivity index (χ2n) is 16.6. The van der Waals surface area contributed by atoms with Crippen LogP contribution in [0.15, 0.2) is 0 Å². The summed E-state index contributed by atoms with van der Waals surface area (Å²) in [6.07, 6.45) is -12.6. The Morgan fingerprint density at radius 3 is 1.46 bits per heavy atom. The third-order valence-corrected chi connectivity index (χ3v) is 10.4. The zero-order chi connectivity index (χ0) is 41.7. The number of rotatable bonds is 3. The van der Waals surface area contributed by atoms with Gasteiger partial charge in [0.2, 0.25) is 11.8 Å². The number of carbonyl (C=O) groups excluding carboxylic acids is 4. The zero-order valence-electron chi connectivity index (χ0n) is 31.9. The van der Waals surface area contributed by atoms with Crippen LogP contribution in [0.5, 0.6) is 0 Å². The molecule has 4 amide bonds. The van der Waals surface area contributed by atoms with Gasteiger partial charge in [-0.1, -0.05) is 0 Å². The number of alkyl halides is 6. The molecular formula is C33H49F7I2N4O8. The first kappa shape index (κ1) is 43.5. The van der Waals surface area contributed by atoms with Crippen LogP contribution in [-0.2, 0) is 23.8 Å². The van der Waals surface area contributed by atoms with E-state index >= 15 is 0 Å². The minimum atomic E-state index is -4.60. The Bertz CT molecular complexity index is 1430. The molecule has 6 aliphatic rings. The predicted octanol–water partition coefficient (Wildman–Crippen LogP) is 6.39. The predicted molar refractivity (Wildman–Crippen MR) is 196 cm³/mol. The van der Waals surface area contributed by atoms with E-state index in [1.165, 1.54) is 35.5 Å². The zero-order valence-corrected chi connectivity index (χ0v) is 35.2. The van der Waals surface area contributed by atoms with E-state index in [2.05, 4.69) is 0 Å². The molecule has 6 heterocycles. The summed E-state index contributed by atoms with van der Waals surface area (Å²) >= 11 is -1.04. The van der Waals surface area contributed by atoms with Crippen molar-refractivity contribution in [2.45, 2.75) is 152 Å². The van der Waals surface area contributed by atoms with E-state index < -0.39 is 114 Å². The molecule has 6 saturated heterocycles. The van der Waals surface area contributed by atoms with E-state index in [4.69, 9.17) is 14.8 Å². The van der Waals surface area contributed by atoms with E-state index in [0.29, 0.717) is 25.7 Å². The number of hydrogen-bond acceptors (Lipinski definition) is 8. The van der Waals surface area contributed by atoms with Gasteiger partial charge in [-0.15, -0.1) is 0 Å². The fourth-order valence-electron chi connectivity index (χ4n) is 9.04. The van der Waals surface area contributed by atoms with Crippen molar-refractivity contribution in [1.82, 2.24) is 19.6 Å². The van der Waals surface area contributed by atoms with E-state index in [9.17, 15) is 53.5 Å². The molecule has 4 unspecified atom stereocenters. The van der Waals surface area contributed by atoms with Crippen molar-refractivity contribution in [1.29, 1.82) is 0.594 Å². The molecule has 0 saturated carbocycles. The molecule has 0 radical (unpaired) electrons. The Labute approximate surface area is 330 Å². The molecule has 10 atom stereocenters. The molecule has 6 fully saturated rings. The Hall–Kier alpha value is -1.63. The number of nitrogens with zero attached hydrogens (tertiary/aromatic N) is 4. The summed E-state index contributed by atoms with van der Waals surface area (Å²) in [6.45, 7) is 10.9. The summed E-state index contributed by atoms with van der Waals surface area (Å²) in [5, 5.41) is 10.6. The summed E-state index contributed by atoms with van der Waals surface area (Å²) in [7, 11) is 1.47. The maximum absolute atomic E-state index is 12.7. The van der Waals surface area contributed by atoms with E-state index in [1.807, 2.05) is 0 Å². The number of likely N-dealkylation sites (tertiary alicyclic amines) is 2. The van der Waals surface area contributed by atoms with Gasteiger partial charge in [-0.2, -0.15) is 26.3 Å². The van der Waals surface area contributed by atoms with Crippen LogP contribution < -0.4 is 0 Å². The average Bonchev–Trinajstić information content (AvgIpc) is 3.15. The summed E-state index contributed by atoms with van der Waals surface area (Å²) in [6, 6.07) is -3.04. The summed E-state index contributed by atoms with van der Waals surface area (Å²) in [5.74, 6) is -1.94. The van der Waals surface area contributed by atoms with Crippen molar-refractivity contribution >= 4 is 60.2 Å². The number of carbonyl (C=O) groups is 4. The second-order valence-corrected chi connectivity index (χ2v) is 19.0. The Morgan fingerprint density at radius 1 is 0.722 bits per heavy atom. The van der Waals surface area contributed by atoms with Crippen molar-refractivity contribution in [3.8, 4) is 0 Å². The van der Waals surface area contributed by atoms with E-state index in [1.54, 1.807) is 46.4 Å². The van der Waals surface area contributed by atoms with Gasteiger partial charge in [0.25, 0.3) is 0 Å². The molecule has 54 heavy (non-hydrogen) atoms. The molecule has 312 valence electrons. The van der Waals surface area contributed by atoms with Crippen LogP contribution in [0.1, 0.15) is 80.1 Å². The molecule has 12 nitrogen and oxygen atoms in total. The molecule has 0 aromatic rings. The monoisotopic (exact) mass is 1020 g/mol. The van der Waals surface area contributed by atoms with Gasteiger partial charge >= 0.3 is 64.2 Å². The van der Waals surface area contributed by atoms with Crippen LogP contribution in [-0.4, -0.2) is 142 Å². The van der Waals surface area contributed by atoms with Crippen molar-refractivity contribution in [3.63, 3.8) is 0 Å². The third-order valence-electron chi connectivity index (χ3n) is 10.4. The van der Waals surface area contributed by atoms with Gasteiger partial charge in [0.15, 0.2) is 0 Å². The fourth-order valence-corrected chi connectivity index (χ4v) is 9.04. The minimum absolute atomic E-state index is 0.0146. The average molecular weight is 1020 g/mol. The number of methoxy groups -OCH3 is 1. The Kier molecular flexibility index (Phi) is 13.4. The van der Waals surface area contributed by atoms with Crippen molar-refractivity contribution in [2.24, 2.45) is 11.8 Å². The maximum atomic E-state index is 12.7. The van der Waals surface area contributed by atoms with Crippen LogP contribution in [0.25, 0.3) is 0 Å². The Balaban J connectivity index is 0.000000223. The molecule has 0 aliphatic carbocycles. The number of amides is 4. The normalized spacial score (nSPS) is 33.0. The summed E-state index contributed by atoms with van der Waals surface area (Å²) < 4.78 is 109. The number of ether oxygens (including phenoxy) is 3. The first-order chi connectivity index (χ1) is 25.0. The molecule has 6 rings (SSSR count). The van der Waals surface area contributed by atoms with Gasteiger partial charge in [-0.05, 0) is 79.1 Å². The molecule has 1 N–H and O–H groups in total. The number of halogens is 9. The molecule has 0 aromatic heterocycles. The van der Waals surface area contributed by atoms with Crippen molar-refractivity contribution in [2.75, 3.05) is 20.2 Å². The number of fused-ring (bicyclic) bond motifs is 4. The standard InChI is InChI=1S/C17H25F3N2O4.C16H23F3N2O4.FHI2/c1-16(2,3)26-15(24)22-10-5-9-6-11(22)14(25-4)13(10)21(8-9)12(23)7-17(18,19)20;1-15(2,3)25-14(24)21-9-4-8-5-10(21)13(23)12(9)20(7-8)11(22)6-16(17,18)19;1-3-2/h9-11,13-14H,5-8H2,1-4H3;8-10,12-13,23H,4-7H2,1-3H3;3H/t9?,10-,11+,13?,14+;8?,9-,10+,12?,13+;/m11./s1/i;;3T. The molecule has 6 aliphatic heterocycles. The fraction of sp³-hybridized carbons (Fsp3) is 0.879. The van der Waals surface area contributed by atoms with E-state index in [0.717, 1.165) is 4.90 Å². The van der Waals surface area contributed by atoms with Gasteiger partial charge in [0.1, 0.15) is 30.1 Å². The molecule has 21 heteroatoms. The second kappa shape index (κ2) is 16.7. The molecule has 0 spiro atoms. The molecule has 6 bridgehead atoms.